The van der Waals surface area contributed by atoms with Crippen molar-refractivity contribution in [3.05, 3.63) is 56.9 Å². The molecule has 0 atom stereocenters. The Morgan fingerprint density at radius 1 is 1.28 bits per heavy atom. The summed E-state index contributed by atoms with van der Waals surface area (Å²) in [6.45, 7) is 2.01. The van der Waals surface area contributed by atoms with Crippen molar-refractivity contribution in [3.63, 3.8) is 0 Å². The number of hydrogen-bond donors (Lipinski definition) is 2. The first-order valence-corrected chi connectivity index (χ1v) is 9.00. The van der Waals surface area contributed by atoms with Gasteiger partial charge < -0.3 is 15.2 Å². The van der Waals surface area contributed by atoms with Gasteiger partial charge in [-0.2, -0.15) is 0 Å². The molecule has 1 amide bonds. The van der Waals surface area contributed by atoms with Gasteiger partial charge in [-0.25, -0.2) is 4.99 Å². The third-order valence-electron chi connectivity index (χ3n) is 3.50. The van der Waals surface area contributed by atoms with Gasteiger partial charge in [0.15, 0.2) is 16.7 Å². The number of ether oxygens (including phenoxy) is 1. The number of benzene rings is 2. The van der Waals surface area contributed by atoms with Crippen LogP contribution in [0.2, 0.25) is 0 Å². The van der Waals surface area contributed by atoms with Crippen LogP contribution in [0.15, 0.2) is 50.8 Å². The average molecular weight is 419 g/mol. The van der Waals surface area contributed by atoms with E-state index in [1.807, 2.05) is 31.2 Å². The Labute approximate surface area is 157 Å². The molecule has 128 valence electrons. The Hall–Kier alpha value is -2.25. The number of thioether (sulfide) groups is 1. The molecule has 1 aliphatic rings. The molecule has 25 heavy (non-hydrogen) atoms. The van der Waals surface area contributed by atoms with Crippen LogP contribution in [0.3, 0.4) is 0 Å². The van der Waals surface area contributed by atoms with E-state index < -0.39 is 0 Å². The Morgan fingerprint density at radius 2 is 2.00 bits per heavy atom. The molecular formula is C18H15BrN2O3S. The van der Waals surface area contributed by atoms with E-state index in [1.54, 1.807) is 12.1 Å². The fourth-order valence-electron chi connectivity index (χ4n) is 2.19. The fourth-order valence-corrected chi connectivity index (χ4v) is 3.47. The highest BCUT2D eigenvalue weighted by molar-refractivity contribution is 9.10. The molecular weight excluding hydrogens is 404 g/mol. The summed E-state index contributed by atoms with van der Waals surface area (Å²) in [6.07, 6.45) is 1.73. The molecule has 2 N–H and O–H groups in total. The van der Waals surface area contributed by atoms with Crippen molar-refractivity contribution in [2.24, 2.45) is 4.99 Å². The van der Waals surface area contributed by atoms with Crippen LogP contribution in [0.5, 0.6) is 11.5 Å². The Balaban J connectivity index is 1.88. The molecule has 0 radical (unpaired) electrons. The minimum Gasteiger partial charge on any atom is -0.504 e. The second-order valence-electron chi connectivity index (χ2n) is 5.36. The highest BCUT2D eigenvalue weighted by atomic mass is 79.9. The van der Waals surface area contributed by atoms with Crippen LogP contribution in [0.1, 0.15) is 11.1 Å². The van der Waals surface area contributed by atoms with Gasteiger partial charge in [-0.05, 0) is 54.6 Å². The van der Waals surface area contributed by atoms with Gasteiger partial charge >= 0.3 is 0 Å². The van der Waals surface area contributed by atoms with Crippen molar-refractivity contribution >= 4 is 50.5 Å². The number of rotatable bonds is 3. The molecule has 1 saturated heterocycles. The molecule has 5 nitrogen and oxygen atoms in total. The van der Waals surface area contributed by atoms with Crippen LogP contribution in [0.25, 0.3) is 6.08 Å². The van der Waals surface area contributed by atoms with Crippen molar-refractivity contribution in [1.29, 1.82) is 0 Å². The average Bonchev–Trinajstić information content (AvgIpc) is 2.91. The summed E-state index contributed by atoms with van der Waals surface area (Å²) >= 11 is 4.65. The van der Waals surface area contributed by atoms with E-state index in [4.69, 9.17) is 4.74 Å². The lowest BCUT2D eigenvalue weighted by atomic mass is 10.2. The summed E-state index contributed by atoms with van der Waals surface area (Å²) in [5.74, 6) is 0.156. The molecule has 0 aromatic heterocycles. The lowest BCUT2D eigenvalue weighted by Gasteiger charge is -2.06. The number of methoxy groups -OCH3 is 1. The number of carbonyl (C=O) groups is 1. The molecule has 2 aromatic carbocycles. The molecule has 1 heterocycles. The first-order chi connectivity index (χ1) is 12.0. The van der Waals surface area contributed by atoms with Gasteiger partial charge in [-0.15, -0.1) is 0 Å². The monoisotopic (exact) mass is 418 g/mol. The molecule has 0 aliphatic carbocycles. The van der Waals surface area contributed by atoms with Crippen LogP contribution in [0.4, 0.5) is 5.69 Å². The van der Waals surface area contributed by atoms with Crippen molar-refractivity contribution in [1.82, 2.24) is 5.32 Å². The molecule has 0 unspecified atom stereocenters. The predicted molar refractivity (Wildman–Crippen MR) is 104 cm³/mol. The van der Waals surface area contributed by atoms with E-state index >= 15 is 0 Å². The molecule has 0 spiro atoms. The summed E-state index contributed by atoms with van der Waals surface area (Å²) in [6, 6.07) is 10.9. The molecule has 0 bridgehead atoms. The highest BCUT2D eigenvalue weighted by Crippen LogP contribution is 2.35. The van der Waals surface area contributed by atoms with E-state index in [-0.39, 0.29) is 11.7 Å². The number of halogens is 1. The Morgan fingerprint density at radius 3 is 2.68 bits per heavy atom. The molecule has 7 heteroatoms. The molecule has 2 aromatic rings. The number of nitrogens with zero attached hydrogens (tertiary/aromatic N) is 1. The fraction of sp³-hybridized carbons (Fsp3) is 0.111. The van der Waals surface area contributed by atoms with E-state index in [9.17, 15) is 9.90 Å². The van der Waals surface area contributed by atoms with Crippen molar-refractivity contribution in [3.8, 4) is 11.5 Å². The standard InChI is InChI=1S/C18H15BrN2O3S/c1-10-3-5-12(6-4-10)20-18-21-17(23)16(25-18)8-11-7-15(24-2)14(22)9-13(11)19/h3-9,22H,1-2H3,(H,20,21,23)/b16-8+. The van der Waals surface area contributed by atoms with Gasteiger partial charge in [0.25, 0.3) is 5.91 Å². The van der Waals surface area contributed by atoms with Crippen molar-refractivity contribution in [2.45, 2.75) is 6.92 Å². The number of carbonyl (C=O) groups excluding carboxylic acids is 1. The normalized spacial score (nSPS) is 17.2. The van der Waals surface area contributed by atoms with Crippen LogP contribution < -0.4 is 10.1 Å². The highest BCUT2D eigenvalue weighted by Gasteiger charge is 2.24. The number of hydrogen-bond acceptors (Lipinski definition) is 5. The first-order valence-electron chi connectivity index (χ1n) is 7.39. The summed E-state index contributed by atoms with van der Waals surface area (Å²) in [5.41, 5.74) is 2.66. The van der Waals surface area contributed by atoms with E-state index in [1.165, 1.54) is 24.9 Å². The molecule has 3 rings (SSSR count). The summed E-state index contributed by atoms with van der Waals surface area (Å²) in [5, 5.41) is 13.1. The number of amidine groups is 1. The Kier molecular flexibility index (Phi) is 5.15. The summed E-state index contributed by atoms with van der Waals surface area (Å²) in [7, 11) is 1.48. The maximum atomic E-state index is 12.2. The van der Waals surface area contributed by atoms with E-state index in [2.05, 4.69) is 26.2 Å². The minimum absolute atomic E-state index is 0.0293. The predicted octanol–water partition coefficient (Wildman–Crippen LogP) is 4.36. The van der Waals surface area contributed by atoms with E-state index in [0.29, 0.717) is 20.3 Å². The maximum Gasteiger partial charge on any atom is 0.264 e. The van der Waals surface area contributed by atoms with Gasteiger partial charge in [-0.1, -0.05) is 33.6 Å². The topological polar surface area (TPSA) is 70.9 Å². The summed E-state index contributed by atoms with van der Waals surface area (Å²) < 4.78 is 5.77. The first kappa shape index (κ1) is 17.6. The smallest absolute Gasteiger partial charge is 0.264 e. The Bertz CT molecular complexity index is 892. The summed E-state index contributed by atoms with van der Waals surface area (Å²) in [4.78, 5) is 17.1. The third-order valence-corrected chi connectivity index (χ3v) is 5.10. The number of phenolic OH excluding ortho intramolecular Hbond substituents is 1. The number of aliphatic imine (C=N–C) groups is 1. The lowest BCUT2D eigenvalue weighted by Crippen LogP contribution is -2.19. The maximum absolute atomic E-state index is 12.2. The van der Waals surface area contributed by atoms with Gasteiger partial charge in [0.2, 0.25) is 0 Å². The second kappa shape index (κ2) is 7.33. The van der Waals surface area contributed by atoms with Crippen LogP contribution in [-0.2, 0) is 4.79 Å². The van der Waals surface area contributed by atoms with Gasteiger partial charge in [0.1, 0.15) is 0 Å². The van der Waals surface area contributed by atoms with Crippen LogP contribution in [0, 0.1) is 6.92 Å². The lowest BCUT2D eigenvalue weighted by molar-refractivity contribution is -0.115. The second-order valence-corrected chi connectivity index (χ2v) is 7.25. The van der Waals surface area contributed by atoms with Crippen LogP contribution >= 0.6 is 27.7 Å². The SMILES string of the molecule is COc1cc(/C=C2/SC(=Nc3ccc(C)cc3)NC2=O)c(Br)cc1O. The number of amides is 1. The number of phenols is 1. The van der Waals surface area contributed by atoms with E-state index in [0.717, 1.165) is 16.8 Å². The van der Waals surface area contributed by atoms with Crippen molar-refractivity contribution in [2.75, 3.05) is 7.11 Å². The third kappa shape index (κ3) is 4.05. The number of aromatic hydroxyl groups is 1. The largest absolute Gasteiger partial charge is 0.504 e. The molecule has 1 aliphatic heterocycles. The zero-order valence-corrected chi connectivity index (χ0v) is 15.9. The van der Waals surface area contributed by atoms with Gasteiger partial charge in [-0.3, -0.25) is 4.79 Å². The molecule has 0 saturated carbocycles. The number of aryl methyl sites for hydroxylation is 1. The quantitative estimate of drug-likeness (QED) is 0.726. The van der Waals surface area contributed by atoms with Crippen LogP contribution in [-0.4, -0.2) is 23.3 Å². The zero-order chi connectivity index (χ0) is 18.0. The molecule has 1 fully saturated rings. The van der Waals surface area contributed by atoms with Crippen molar-refractivity contribution < 1.29 is 14.6 Å². The number of nitrogens with one attached hydrogen (secondary N) is 1. The minimum atomic E-state index is -0.213. The van der Waals surface area contributed by atoms with Gasteiger partial charge in [0.05, 0.1) is 17.7 Å². The zero-order valence-electron chi connectivity index (χ0n) is 13.5. The van der Waals surface area contributed by atoms with Gasteiger partial charge in [0, 0.05) is 4.47 Å².